The maximum Gasteiger partial charge on any atom is 0.333 e. The summed E-state index contributed by atoms with van der Waals surface area (Å²) in [6.45, 7) is 2.37. The van der Waals surface area contributed by atoms with Crippen molar-refractivity contribution in [2.24, 2.45) is 0 Å². The van der Waals surface area contributed by atoms with Crippen molar-refractivity contribution in [1.82, 2.24) is 0 Å². The molecule has 9 nitrogen and oxygen atoms in total. The van der Waals surface area contributed by atoms with E-state index in [2.05, 4.69) is 11.3 Å². The number of carbonyl (C=O) groups is 1. The second-order valence-electron chi connectivity index (χ2n) is 4.63. The summed E-state index contributed by atoms with van der Waals surface area (Å²) in [7, 11) is -10.2. The van der Waals surface area contributed by atoms with Crippen LogP contribution in [0.4, 0.5) is 0 Å². The Hall–Kier alpha value is -2.47. The molecule has 0 radical (unpaired) electrons. The maximum absolute atomic E-state index is 11.7. The standard InChI is InChI=1S/C14H12O9S2/c1-2-12(15)23-8-22-11-7-9-5-3-4-6-10(9)13(24(16,17)18)14(11)25(19,20)21/h2-7H,1,8H2,(H,16,17,18)(H,19,20,21). The van der Waals surface area contributed by atoms with E-state index in [4.69, 9.17) is 4.74 Å². The fourth-order valence-electron chi connectivity index (χ4n) is 2.09. The minimum absolute atomic E-state index is 0.145. The average molecular weight is 388 g/mol. The Bertz CT molecular complexity index is 1050. The first-order chi connectivity index (χ1) is 11.6. The molecule has 0 aliphatic rings. The van der Waals surface area contributed by atoms with Gasteiger partial charge in [-0.1, -0.05) is 30.8 Å². The first-order valence-corrected chi connectivity index (χ1v) is 9.36. The Morgan fingerprint density at radius 3 is 2.24 bits per heavy atom. The van der Waals surface area contributed by atoms with Crippen molar-refractivity contribution in [2.75, 3.05) is 6.79 Å². The summed E-state index contributed by atoms with van der Waals surface area (Å²) < 4.78 is 75.2. The van der Waals surface area contributed by atoms with Gasteiger partial charge in [-0.3, -0.25) is 9.11 Å². The summed E-state index contributed by atoms with van der Waals surface area (Å²) in [5.41, 5.74) is 0. The van der Waals surface area contributed by atoms with Gasteiger partial charge < -0.3 is 9.47 Å². The molecule has 2 N–H and O–H groups in total. The Morgan fingerprint density at radius 2 is 1.68 bits per heavy atom. The molecule has 0 amide bonds. The molecule has 0 aliphatic carbocycles. The molecule has 0 saturated heterocycles. The summed E-state index contributed by atoms with van der Waals surface area (Å²) in [6, 6.07) is 6.74. The van der Waals surface area contributed by atoms with Crippen molar-refractivity contribution in [3.63, 3.8) is 0 Å². The third kappa shape index (κ3) is 4.14. The van der Waals surface area contributed by atoms with E-state index >= 15 is 0 Å². The molecule has 25 heavy (non-hydrogen) atoms. The summed E-state index contributed by atoms with van der Waals surface area (Å²) in [5.74, 6) is -1.49. The monoisotopic (exact) mass is 388 g/mol. The predicted octanol–water partition coefficient (Wildman–Crippen LogP) is 1.40. The number of benzene rings is 2. The smallest absolute Gasteiger partial charge is 0.333 e. The number of fused-ring (bicyclic) bond motifs is 1. The van der Waals surface area contributed by atoms with Crippen LogP contribution < -0.4 is 4.74 Å². The molecule has 2 rings (SSSR count). The highest BCUT2D eigenvalue weighted by Crippen LogP contribution is 2.37. The summed E-state index contributed by atoms with van der Waals surface area (Å²) in [6.07, 6.45) is 0.830. The highest BCUT2D eigenvalue weighted by Gasteiger charge is 2.31. The van der Waals surface area contributed by atoms with Gasteiger partial charge in [0.05, 0.1) is 0 Å². The topological polar surface area (TPSA) is 144 Å². The number of ether oxygens (including phenoxy) is 2. The van der Waals surface area contributed by atoms with Crippen molar-refractivity contribution in [1.29, 1.82) is 0 Å². The molecular formula is C14H12O9S2. The molecule has 0 aliphatic heterocycles. The molecule has 0 heterocycles. The van der Waals surface area contributed by atoms with E-state index in [0.717, 1.165) is 12.1 Å². The number of carbonyl (C=O) groups excluding carboxylic acids is 1. The normalized spacial score (nSPS) is 11.9. The maximum atomic E-state index is 11.7. The molecule has 0 unspecified atom stereocenters. The lowest BCUT2D eigenvalue weighted by atomic mass is 10.1. The highest BCUT2D eigenvalue weighted by atomic mass is 32.2. The number of rotatable bonds is 6. The highest BCUT2D eigenvalue weighted by molar-refractivity contribution is 7.89. The van der Waals surface area contributed by atoms with Crippen LogP contribution in [0.25, 0.3) is 10.8 Å². The number of esters is 1. The fourth-order valence-corrected chi connectivity index (χ4v) is 4.24. The minimum Gasteiger partial charge on any atom is -0.456 e. The quantitative estimate of drug-likeness (QED) is 0.324. The van der Waals surface area contributed by atoms with E-state index in [1.54, 1.807) is 0 Å². The van der Waals surface area contributed by atoms with E-state index in [0.29, 0.717) is 0 Å². The van der Waals surface area contributed by atoms with Gasteiger partial charge in [0.2, 0.25) is 6.79 Å². The van der Waals surface area contributed by atoms with E-state index < -0.39 is 48.5 Å². The predicted molar refractivity (Wildman–Crippen MR) is 85.4 cm³/mol. The van der Waals surface area contributed by atoms with Gasteiger partial charge in [0, 0.05) is 11.5 Å². The third-order valence-corrected chi connectivity index (χ3v) is 5.01. The van der Waals surface area contributed by atoms with Crippen LogP contribution in [0, 0.1) is 0 Å². The lowest BCUT2D eigenvalue weighted by Gasteiger charge is -2.14. The van der Waals surface area contributed by atoms with Crippen molar-refractivity contribution in [3.05, 3.63) is 43.0 Å². The molecule has 0 spiro atoms. The third-order valence-electron chi connectivity index (χ3n) is 3.02. The van der Waals surface area contributed by atoms with Gasteiger partial charge in [-0.05, 0) is 11.5 Å². The Balaban J connectivity index is 2.76. The lowest BCUT2D eigenvalue weighted by Crippen LogP contribution is -2.14. The van der Waals surface area contributed by atoms with Gasteiger partial charge in [0.1, 0.15) is 10.6 Å². The van der Waals surface area contributed by atoms with Gasteiger partial charge in [0.25, 0.3) is 20.2 Å². The second kappa shape index (κ2) is 6.80. The van der Waals surface area contributed by atoms with Crippen LogP contribution in [0.1, 0.15) is 0 Å². The molecule has 0 fully saturated rings. The molecule has 2 aromatic carbocycles. The second-order valence-corrected chi connectivity index (χ2v) is 7.35. The molecular weight excluding hydrogens is 376 g/mol. The molecule has 11 heteroatoms. The zero-order chi connectivity index (χ0) is 18.8. The number of hydrogen-bond acceptors (Lipinski definition) is 7. The number of hydrogen-bond donors (Lipinski definition) is 2. The molecule has 0 aromatic heterocycles. The van der Waals surface area contributed by atoms with Crippen molar-refractivity contribution < 1.29 is 40.2 Å². The van der Waals surface area contributed by atoms with Crippen LogP contribution in [0.5, 0.6) is 5.75 Å². The first-order valence-electron chi connectivity index (χ1n) is 6.48. The van der Waals surface area contributed by atoms with Crippen LogP contribution >= 0.6 is 0 Å². The average Bonchev–Trinajstić information content (AvgIpc) is 2.51. The zero-order valence-electron chi connectivity index (χ0n) is 12.4. The zero-order valence-corrected chi connectivity index (χ0v) is 14.1. The van der Waals surface area contributed by atoms with Crippen LogP contribution in [-0.4, -0.2) is 38.7 Å². The van der Waals surface area contributed by atoms with Gasteiger partial charge in [-0.15, -0.1) is 0 Å². The molecule has 0 saturated carbocycles. The van der Waals surface area contributed by atoms with E-state index in [1.807, 2.05) is 0 Å². The minimum atomic E-state index is -5.12. The largest absolute Gasteiger partial charge is 0.456 e. The molecule has 2 aromatic rings. The fraction of sp³-hybridized carbons (Fsp3) is 0.0714. The summed E-state index contributed by atoms with van der Waals surface area (Å²) in [5, 5.41) is 0.0561. The Kier molecular flexibility index (Phi) is 5.13. The van der Waals surface area contributed by atoms with Gasteiger partial charge in [0.15, 0.2) is 4.90 Å². The van der Waals surface area contributed by atoms with E-state index in [1.165, 1.54) is 24.3 Å². The Labute approximate surface area is 143 Å². The van der Waals surface area contributed by atoms with Crippen molar-refractivity contribution in [2.45, 2.75) is 9.79 Å². The molecule has 0 atom stereocenters. The van der Waals surface area contributed by atoms with Gasteiger partial charge in [-0.2, -0.15) is 16.8 Å². The van der Waals surface area contributed by atoms with Crippen LogP contribution in [0.2, 0.25) is 0 Å². The van der Waals surface area contributed by atoms with E-state index in [9.17, 15) is 30.7 Å². The van der Waals surface area contributed by atoms with Crippen molar-refractivity contribution >= 4 is 37.0 Å². The van der Waals surface area contributed by atoms with Crippen LogP contribution in [-0.2, 0) is 29.8 Å². The van der Waals surface area contributed by atoms with Crippen LogP contribution in [0.3, 0.4) is 0 Å². The molecule has 0 bridgehead atoms. The van der Waals surface area contributed by atoms with Gasteiger partial charge in [-0.25, -0.2) is 4.79 Å². The lowest BCUT2D eigenvalue weighted by molar-refractivity contribution is -0.144. The van der Waals surface area contributed by atoms with E-state index in [-0.39, 0.29) is 10.8 Å². The SMILES string of the molecule is C=CC(=O)OCOc1cc2ccccc2c(S(=O)(=O)O)c1S(=O)(=O)O. The first kappa shape index (κ1) is 18.9. The Morgan fingerprint density at radius 1 is 1.08 bits per heavy atom. The van der Waals surface area contributed by atoms with Gasteiger partial charge >= 0.3 is 5.97 Å². The summed E-state index contributed by atoms with van der Waals surface area (Å²) >= 11 is 0. The van der Waals surface area contributed by atoms with Crippen molar-refractivity contribution in [3.8, 4) is 5.75 Å². The van der Waals surface area contributed by atoms with Crippen LogP contribution in [0.15, 0.2) is 52.8 Å². The summed E-state index contributed by atoms with van der Waals surface area (Å²) in [4.78, 5) is 8.79. The molecule has 134 valence electrons.